The molecule has 1 saturated carbocycles. The average Bonchev–Trinajstić information content (AvgIpc) is 2.53. The Kier molecular flexibility index (Phi) is 2.21. The Morgan fingerprint density at radius 1 is 1.50 bits per heavy atom. The summed E-state index contributed by atoms with van der Waals surface area (Å²) in [4.78, 5) is 11.3. The maximum Gasteiger partial charge on any atom is 0.354 e. The normalized spacial score (nSPS) is 20.2. The van der Waals surface area contributed by atoms with Crippen LogP contribution in [0.25, 0.3) is 0 Å². The average molecular weight is 221 g/mol. The van der Waals surface area contributed by atoms with Gasteiger partial charge >= 0.3 is 5.97 Å². The van der Waals surface area contributed by atoms with Crippen LogP contribution in [0.4, 0.5) is 0 Å². The van der Waals surface area contributed by atoms with E-state index >= 15 is 0 Å². The maximum absolute atomic E-state index is 11.3. The van der Waals surface area contributed by atoms with E-state index in [4.69, 9.17) is 0 Å². The first-order chi connectivity index (χ1) is 7.77. The highest BCUT2D eigenvalue weighted by Gasteiger charge is 2.30. The van der Waals surface area contributed by atoms with Crippen molar-refractivity contribution in [1.29, 1.82) is 0 Å². The van der Waals surface area contributed by atoms with Gasteiger partial charge in [0, 0.05) is 25.1 Å². The monoisotopic (exact) mass is 221 g/mol. The molecule has 0 bridgehead atoms. The van der Waals surface area contributed by atoms with E-state index in [0.29, 0.717) is 18.3 Å². The van der Waals surface area contributed by atoms with Crippen LogP contribution in [-0.2, 0) is 13.0 Å². The third-order valence-corrected chi connectivity index (χ3v) is 3.56. The molecule has 1 fully saturated rings. The predicted molar refractivity (Wildman–Crippen MR) is 57.5 cm³/mol. The highest BCUT2D eigenvalue weighted by molar-refractivity contribution is 5.88. The standard InChI is InChI=1S/C11H15N3O2/c15-11(16)10-8-6-12-5-4-9(8)13-14(10)7-2-1-3-7/h7,12H,1-6H2,(H,15,16). The molecule has 0 unspecified atom stereocenters. The molecule has 2 N–H and O–H groups in total. The van der Waals surface area contributed by atoms with Crippen molar-refractivity contribution in [2.45, 2.75) is 38.3 Å². The molecule has 2 aliphatic rings. The molecule has 2 heterocycles. The van der Waals surface area contributed by atoms with E-state index in [1.165, 1.54) is 6.42 Å². The Morgan fingerprint density at radius 2 is 2.31 bits per heavy atom. The zero-order valence-electron chi connectivity index (χ0n) is 9.07. The van der Waals surface area contributed by atoms with Gasteiger partial charge in [0.2, 0.25) is 0 Å². The summed E-state index contributed by atoms with van der Waals surface area (Å²) in [6.07, 6.45) is 4.16. The van der Waals surface area contributed by atoms with Gasteiger partial charge in [-0.1, -0.05) is 0 Å². The van der Waals surface area contributed by atoms with Gasteiger partial charge in [0.1, 0.15) is 0 Å². The number of aromatic carboxylic acids is 1. The number of fused-ring (bicyclic) bond motifs is 1. The minimum Gasteiger partial charge on any atom is -0.477 e. The highest BCUT2D eigenvalue weighted by atomic mass is 16.4. The van der Waals surface area contributed by atoms with Crippen LogP contribution in [0.3, 0.4) is 0 Å². The molecule has 0 amide bonds. The Morgan fingerprint density at radius 3 is 2.94 bits per heavy atom. The second kappa shape index (κ2) is 3.59. The predicted octanol–water partition coefficient (Wildman–Crippen LogP) is 0.952. The van der Waals surface area contributed by atoms with Crippen molar-refractivity contribution in [3.8, 4) is 0 Å². The van der Waals surface area contributed by atoms with Crippen molar-refractivity contribution >= 4 is 5.97 Å². The van der Waals surface area contributed by atoms with Crippen molar-refractivity contribution in [3.63, 3.8) is 0 Å². The second-order valence-corrected chi connectivity index (χ2v) is 4.54. The molecule has 0 spiro atoms. The molecule has 5 nitrogen and oxygen atoms in total. The molecular formula is C11H15N3O2. The van der Waals surface area contributed by atoms with Gasteiger partial charge in [-0.3, -0.25) is 4.68 Å². The summed E-state index contributed by atoms with van der Waals surface area (Å²) in [5, 5.41) is 17.0. The van der Waals surface area contributed by atoms with E-state index in [1.807, 2.05) is 0 Å². The third kappa shape index (κ3) is 1.35. The first-order valence-corrected chi connectivity index (χ1v) is 5.81. The van der Waals surface area contributed by atoms with E-state index in [-0.39, 0.29) is 0 Å². The lowest BCUT2D eigenvalue weighted by Gasteiger charge is -2.26. The summed E-state index contributed by atoms with van der Waals surface area (Å²) in [6.45, 7) is 1.54. The molecule has 0 radical (unpaired) electrons. The number of nitrogens with one attached hydrogen (secondary N) is 1. The van der Waals surface area contributed by atoms with E-state index in [1.54, 1.807) is 4.68 Å². The number of carbonyl (C=O) groups is 1. The van der Waals surface area contributed by atoms with Crippen molar-refractivity contribution < 1.29 is 9.90 Å². The molecule has 1 aromatic heterocycles. The van der Waals surface area contributed by atoms with Crippen LogP contribution in [-0.4, -0.2) is 27.4 Å². The van der Waals surface area contributed by atoms with E-state index in [9.17, 15) is 9.90 Å². The van der Waals surface area contributed by atoms with Gasteiger partial charge in [0.25, 0.3) is 0 Å². The van der Waals surface area contributed by atoms with Crippen LogP contribution in [0.2, 0.25) is 0 Å². The first kappa shape index (κ1) is 9.84. The van der Waals surface area contributed by atoms with E-state index < -0.39 is 5.97 Å². The van der Waals surface area contributed by atoms with Crippen LogP contribution >= 0.6 is 0 Å². The minimum atomic E-state index is -0.843. The number of aromatic nitrogens is 2. The topological polar surface area (TPSA) is 67.1 Å². The number of nitrogens with zero attached hydrogens (tertiary/aromatic N) is 2. The van der Waals surface area contributed by atoms with Crippen LogP contribution in [0.5, 0.6) is 0 Å². The summed E-state index contributed by atoms with van der Waals surface area (Å²) in [5.74, 6) is -0.843. The first-order valence-electron chi connectivity index (χ1n) is 5.81. The number of hydrogen-bond acceptors (Lipinski definition) is 3. The molecule has 1 aliphatic carbocycles. The number of carboxylic acids is 1. The van der Waals surface area contributed by atoms with Crippen LogP contribution in [0.15, 0.2) is 0 Å². The molecule has 0 atom stereocenters. The summed E-state index contributed by atoms with van der Waals surface area (Å²) in [7, 11) is 0. The van der Waals surface area contributed by atoms with Crippen LogP contribution in [0, 0.1) is 0 Å². The van der Waals surface area contributed by atoms with Crippen molar-refractivity contribution in [3.05, 3.63) is 17.0 Å². The van der Waals surface area contributed by atoms with Gasteiger partial charge in [-0.15, -0.1) is 0 Å². The smallest absolute Gasteiger partial charge is 0.354 e. The zero-order chi connectivity index (χ0) is 11.1. The van der Waals surface area contributed by atoms with Crippen molar-refractivity contribution in [2.24, 2.45) is 0 Å². The van der Waals surface area contributed by atoms with Crippen molar-refractivity contribution in [1.82, 2.24) is 15.1 Å². The molecule has 16 heavy (non-hydrogen) atoms. The SMILES string of the molecule is O=C(O)c1c2c(nn1C1CCC1)CCNC2. The third-order valence-electron chi connectivity index (χ3n) is 3.56. The molecule has 1 aliphatic heterocycles. The second-order valence-electron chi connectivity index (χ2n) is 4.54. The highest BCUT2D eigenvalue weighted by Crippen LogP contribution is 2.34. The summed E-state index contributed by atoms with van der Waals surface area (Å²) in [5.41, 5.74) is 2.28. The number of rotatable bonds is 2. The van der Waals surface area contributed by atoms with Gasteiger partial charge in [-0.25, -0.2) is 4.79 Å². The summed E-state index contributed by atoms with van der Waals surface area (Å²) < 4.78 is 1.75. The molecule has 0 aromatic carbocycles. The lowest BCUT2D eigenvalue weighted by molar-refractivity contribution is 0.0673. The van der Waals surface area contributed by atoms with Gasteiger partial charge < -0.3 is 10.4 Å². The molecule has 5 heteroatoms. The molecule has 1 aromatic rings. The fourth-order valence-corrected chi connectivity index (χ4v) is 2.44. The van der Waals surface area contributed by atoms with E-state index in [2.05, 4.69) is 10.4 Å². The molecule has 3 rings (SSSR count). The molecule has 0 saturated heterocycles. The Balaban J connectivity index is 2.08. The van der Waals surface area contributed by atoms with Crippen molar-refractivity contribution in [2.75, 3.05) is 6.54 Å². The summed E-state index contributed by atoms with van der Waals surface area (Å²) >= 11 is 0. The number of carboxylic acid groups (broad SMARTS) is 1. The molecular weight excluding hydrogens is 206 g/mol. The van der Waals surface area contributed by atoms with Gasteiger partial charge in [-0.05, 0) is 19.3 Å². The maximum atomic E-state index is 11.3. The van der Waals surface area contributed by atoms with Gasteiger partial charge in [0.15, 0.2) is 5.69 Å². The minimum absolute atomic E-state index is 0.316. The lowest BCUT2D eigenvalue weighted by atomic mass is 9.93. The van der Waals surface area contributed by atoms with Gasteiger partial charge in [-0.2, -0.15) is 5.10 Å². The van der Waals surface area contributed by atoms with Crippen LogP contribution in [0.1, 0.15) is 47.1 Å². The zero-order valence-corrected chi connectivity index (χ0v) is 9.07. The Labute approximate surface area is 93.5 Å². The molecule has 86 valence electrons. The fraction of sp³-hybridized carbons (Fsp3) is 0.636. The lowest BCUT2D eigenvalue weighted by Crippen LogP contribution is -2.25. The largest absolute Gasteiger partial charge is 0.477 e. The van der Waals surface area contributed by atoms with E-state index in [0.717, 1.165) is 37.1 Å². The summed E-state index contributed by atoms with van der Waals surface area (Å²) in [6, 6.07) is 0.316. The Bertz CT molecular complexity index is 435. The number of hydrogen-bond donors (Lipinski definition) is 2. The van der Waals surface area contributed by atoms with Crippen LogP contribution < -0.4 is 5.32 Å². The Hall–Kier alpha value is -1.36. The van der Waals surface area contributed by atoms with Gasteiger partial charge in [0.05, 0.1) is 11.7 Å². The quantitative estimate of drug-likeness (QED) is 0.780. The fourth-order valence-electron chi connectivity index (χ4n) is 2.44.